The highest BCUT2D eigenvalue weighted by Crippen LogP contribution is 2.39. The molecule has 0 fully saturated rings. The van der Waals surface area contributed by atoms with E-state index in [9.17, 15) is 9.59 Å². The fourth-order valence-corrected chi connectivity index (χ4v) is 4.75. The number of benzene rings is 2. The van der Waals surface area contributed by atoms with Crippen molar-refractivity contribution < 1.29 is 14.3 Å². The number of para-hydroxylation sites is 1. The van der Waals surface area contributed by atoms with Crippen molar-refractivity contribution in [3.63, 3.8) is 0 Å². The highest BCUT2D eigenvalue weighted by Gasteiger charge is 2.33. The summed E-state index contributed by atoms with van der Waals surface area (Å²) in [6.07, 6.45) is 2.61. The summed E-state index contributed by atoms with van der Waals surface area (Å²) >= 11 is 12.1. The van der Waals surface area contributed by atoms with Crippen molar-refractivity contribution in [1.29, 1.82) is 0 Å². The van der Waals surface area contributed by atoms with Crippen molar-refractivity contribution in [2.45, 2.75) is 40.0 Å². The zero-order valence-corrected chi connectivity index (χ0v) is 19.9. The molecule has 0 radical (unpaired) electrons. The van der Waals surface area contributed by atoms with Gasteiger partial charge in [0, 0.05) is 21.7 Å². The van der Waals surface area contributed by atoms with E-state index in [1.54, 1.807) is 12.1 Å². The van der Waals surface area contributed by atoms with Crippen LogP contribution in [0, 0.1) is 11.3 Å². The lowest BCUT2D eigenvalue weighted by atomic mass is 9.70. The molecule has 4 rings (SSSR count). The lowest BCUT2D eigenvalue weighted by molar-refractivity contribution is 0.0474. The Bertz CT molecular complexity index is 1210. The van der Waals surface area contributed by atoms with E-state index in [1.807, 2.05) is 24.3 Å². The number of ether oxygens (including phenoxy) is 1. The molecular formula is C26H25Cl2NO3. The maximum atomic E-state index is 13.3. The highest BCUT2D eigenvalue weighted by molar-refractivity contribution is 6.36. The van der Waals surface area contributed by atoms with Crippen LogP contribution in [-0.4, -0.2) is 23.3 Å². The normalized spacial score (nSPS) is 16.0. The molecule has 0 aliphatic heterocycles. The molecule has 1 aromatic heterocycles. The third kappa shape index (κ3) is 4.53. The van der Waals surface area contributed by atoms with Gasteiger partial charge in [-0.25, -0.2) is 4.79 Å². The number of hydrogen-bond donors (Lipinski definition) is 0. The Morgan fingerprint density at radius 2 is 1.88 bits per heavy atom. The first-order valence-electron chi connectivity index (χ1n) is 10.7. The van der Waals surface area contributed by atoms with Crippen LogP contribution in [0.25, 0.3) is 10.9 Å². The van der Waals surface area contributed by atoms with Gasteiger partial charge >= 0.3 is 5.97 Å². The molecule has 1 unspecified atom stereocenters. The third-order valence-corrected chi connectivity index (χ3v) is 6.82. The molecule has 1 aliphatic rings. The lowest BCUT2D eigenvalue weighted by Gasteiger charge is -2.35. The smallest absolute Gasteiger partial charge is 0.339 e. The largest absolute Gasteiger partial charge is 0.454 e. The van der Waals surface area contributed by atoms with Crippen molar-refractivity contribution >= 4 is 45.9 Å². The SMILES string of the molecule is CC(C)(C)C1CCc2nc3ccccc3c(C(=O)OCC(=O)c3cc(Cl)ccc3Cl)c2C1. The van der Waals surface area contributed by atoms with Gasteiger partial charge in [0.1, 0.15) is 0 Å². The number of rotatable bonds is 4. The molecule has 166 valence electrons. The van der Waals surface area contributed by atoms with Crippen LogP contribution in [0.4, 0.5) is 0 Å². The van der Waals surface area contributed by atoms with Crippen molar-refractivity contribution in [3.8, 4) is 0 Å². The Morgan fingerprint density at radius 1 is 1.12 bits per heavy atom. The maximum Gasteiger partial charge on any atom is 0.339 e. The molecule has 0 spiro atoms. The highest BCUT2D eigenvalue weighted by atomic mass is 35.5. The zero-order valence-electron chi connectivity index (χ0n) is 18.4. The number of pyridine rings is 1. The predicted molar refractivity (Wildman–Crippen MR) is 128 cm³/mol. The van der Waals surface area contributed by atoms with E-state index >= 15 is 0 Å². The van der Waals surface area contributed by atoms with Gasteiger partial charge in [-0.05, 0) is 60.4 Å². The second-order valence-corrected chi connectivity index (χ2v) is 10.2. The van der Waals surface area contributed by atoms with Crippen molar-refractivity contribution in [3.05, 3.63) is 74.9 Å². The summed E-state index contributed by atoms with van der Waals surface area (Å²) in [5.74, 6) is -0.483. The third-order valence-electron chi connectivity index (χ3n) is 6.25. The van der Waals surface area contributed by atoms with E-state index in [0.717, 1.165) is 41.4 Å². The molecular weight excluding hydrogens is 445 g/mol. The molecule has 1 heterocycles. The number of esters is 1. The summed E-state index contributed by atoms with van der Waals surface area (Å²) in [7, 11) is 0. The number of aryl methyl sites for hydroxylation is 1. The minimum absolute atomic E-state index is 0.115. The number of halogens is 2. The van der Waals surface area contributed by atoms with Crippen molar-refractivity contribution in [1.82, 2.24) is 4.98 Å². The molecule has 0 saturated heterocycles. The van der Waals surface area contributed by atoms with Gasteiger partial charge in [-0.15, -0.1) is 0 Å². The summed E-state index contributed by atoms with van der Waals surface area (Å²) in [6, 6.07) is 12.2. The van der Waals surface area contributed by atoms with Crippen LogP contribution in [0.3, 0.4) is 0 Å². The average Bonchev–Trinajstić information content (AvgIpc) is 2.76. The minimum atomic E-state index is -0.513. The zero-order chi connectivity index (χ0) is 23.0. The summed E-state index contributed by atoms with van der Waals surface area (Å²) in [6.45, 7) is 6.26. The monoisotopic (exact) mass is 469 g/mol. The second-order valence-electron chi connectivity index (χ2n) is 9.36. The first kappa shape index (κ1) is 22.8. The molecule has 4 nitrogen and oxygen atoms in total. The number of Topliss-reactive ketones (excluding diaryl/α,β-unsaturated/α-hetero) is 1. The number of aromatic nitrogens is 1. The van der Waals surface area contributed by atoms with Crippen LogP contribution in [0.1, 0.15) is 59.2 Å². The standard InChI is InChI=1S/C26H25Cl2NO3/c1-26(2,3)15-8-11-22-19(12-15)24(17-6-4-5-7-21(17)29-22)25(31)32-14-23(30)18-13-16(27)9-10-20(18)28/h4-7,9-10,13,15H,8,11-12,14H2,1-3H3. The molecule has 0 amide bonds. The van der Waals surface area contributed by atoms with Gasteiger partial charge in [0.2, 0.25) is 5.78 Å². The Labute approximate surface area is 197 Å². The molecule has 0 saturated carbocycles. The van der Waals surface area contributed by atoms with Gasteiger partial charge in [0.05, 0.1) is 16.1 Å². The Balaban J connectivity index is 1.67. The first-order chi connectivity index (χ1) is 15.1. The molecule has 1 aliphatic carbocycles. The van der Waals surface area contributed by atoms with E-state index in [0.29, 0.717) is 16.5 Å². The fourth-order valence-electron chi connectivity index (χ4n) is 4.35. The maximum absolute atomic E-state index is 13.3. The summed E-state index contributed by atoms with van der Waals surface area (Å²) in [5, 5.41) is 1.42. The molecule has 0 N–H and O–H groups in total. The van der Waals surface area contributed by atoms with E-state index in [4.69, 9.17) is 32.9 Å². The van der Waals surface area contributed by atoms with Gasteiger partial charge in [-0.3, -0.25) is 9.78 Å². The van der Waals surface area contributed by atoms with E-state index in [-0.39, 0.29) is 16.0 Å². The van der Waals surface area contributed by atoms with E-state index < -0.39 is 18.4 Å². The van der Waals surface area contributed by atoms with E-state index in [2.05, 4.69) is 20.8 Å². The molecule has 2 aromatic carbocycles. The van der Waals surface area contributed by atoms with Crippen LogP contribution in [0.15, 0.2) is 42.5 Å². The molecule has 1 atom stereocenters. The fraction of sp³-hybridized carbons (Fsp3) is 0.346. The molecule has 32 heavy (non-hydrogen) atoms. The first-order valence-corrected chi connectivity index (χ1v) is 11.5. The number of hydrogen-bond acceptors (Lipinski definition) is 4. The van der Waals surface area contributed by atoms with Crippen molar-refractivity contribution in [2.75, 3.05) is 6.61 Å². The second kappa shape index (κ2) is 8.84. The number of carbonyl (C=O) groups excluding carboxylic acids is 2. The van der Waals surface area contributed by atoms with Crippen molar-refractivity contribution in [2.24, 2.45) is 11.3 Å². The van der Waals surface area contributed by atoms with Gasteiger partial charge < -0.3 is 4.74 Å². The summed E-state index contributed by atoms with van der Waals surface area (Å²) in [5.41, 5.74) is 3.51. The summed E-state index contributed by atoms with van der Waals surface area (Å²) in [4.78, 5) is 30.8. The van der Waals surface area contributed by atoms with Gasteiger partial charge in [-0.1, -0.05) is 62.2 Å². The number of carbonyl (C=O) groups is 2. The Hall–Kier alpha value is -2.43. The van der Waals surface area contributed by atoms with Gasteiger partial charge in [-0.2, -0.15) is 0 Å². The topological polar surface area (TPSA) is 56.3 Å². The number of ketones is 1. The van der Waals surface area contributed by atoms with E-state index in [1.165, 1.54) is 6.07 Å². The quantitative estimate of drug-likeness (QED) is 0.313. The predicted octanol–water partition coefficient (Wildman–Crippen LogP) is 6.73. The minimum Gasteiger partial charge on any atom is -0.454 e. The van der Waals surface area contributed by atoms with Gasteiger partial charge in [0.15, 0.2) is 6.61 Å². The van der Waals surface area contributed by atoms with Crippen LogP contribution in [-0.2, 0) is 17.6 Å². The number of fused-ring (bicyclic) bond motifs is 2. The lowest BCUT2D eigenvalue weighted by Crippen LogP contribution is -2.29. The average molecular weight is 470 g/mol. The van der Waals surface area contributed by atoms with Crippen LogP contribution >= 0.6 is 23.2 Å². The van der Waals surface area contributed by atoms with Crippen LogP contribution in [0.2, 0.25) is 10.0 Å². The Kier molecular flexibility index (Phi) is 6.28. The Morgan fingerprint density at radius 3 is 2.62 bits per heavy atom. The van der Waals surface area contributed by atoms with Crippen LogP contribution in [0.5, 0.6) is 0 Å². The van der Waals surface area contributed by atoms with Crippen LogP contribution < -0.4 is 0 Å². The number of nitrogens with zero attached hydrogens (tertiary/aromatic N) is 1. The molecule has 6 heteroatoms. The summed E-state index contributed by atoms with van der Waals surface area (Å²) < 4.78 is 5.52. The molecule has 0 bridgehead atoms. The molecule has 3 aromatic rings. The van der Waals surface area contributed by atoms with Gasteiger partial charge in [0.25, 0.3) is 0 Å².